The summed E-state index contributed by atoms with van der Waals surface area (Å²) in [6.07, 6.45) is 0. The van der Waals surface area contributed by atoms with Crippen molar-refractivity contribution >= 4 is 22.5 Å². The van der Waals surface area contributed by atoms with Crippen molar-refractivity contribution in [1.82, 2.24) is 4.90 Å². The van der Waals surface area contributed by atoms with Crippen LogP contribution < -0.4 is 5.32 Å². The summed E-state index contributed by atoms with van der Waals surface area (Å²) >= 11 is 0. The Balaban J connectivity index is 2.21. The van der Waals surface area contributed by atoms with Gasteiger partial charge in [-0.1, -0.05) is 36.4 Å². The van der Waals surface area contributed by atoms with E-state index < -0.39 is 5.60 Å². The Bertz CT molecular complexity index is 627. The summed E-state index contributed by atoms with van der Waals surface area (Å²) in [5.41, 5.74) is -0.126. The quantitative estimate of drug-likeness (QED) is 0.904. The van der Waals surface area contributed by atoms with E-state index in [1.165, 1.54) is 0 Å². The van der Waals surface area contributed by atoms with Crippen LogP contribution in [0.15, 0.2) is 42.5 Å². The van der Waals surface area contributed by atoms with Gasteiger partial charge in [-0.25, -0.2) is 4.79 Å². The van der Waals surface area contributed by atoms with Gasteiger partial charge in [0, 0.05) is 11.9 Å². The molecule has 2 aromatic carbocycles. The molecule has 2 amide bonds. The Labute approximate surface area is 125 Å². The number of fused-ring (bicyclic) bond motifs is 1. The van der Waals surface area contributed by atoms with Gasteiger partial charge in [0.2, 0.25) is 0 Å². The van der Waals surface area contributed by atoms with Crippen molar-refractivity contribution in [2.45, 2.75) is 26.4 Å². The van der Waals surface area contributed by atoms with Gasteiger partial charge in [0.05, 0.1) is 17.8 Å². The van der Waals surface area contributed by atoms with E-state index in [0.717, 1.165) is 16.5 Å². The zero-order chi connectivity index (χ0) is 15.5. The molecule has 0 saturated heterocycles. The summed E-state index contributed by atoms with van der Waals surface area (Å²) in [5.74, 6) is 0. The highest BCUT2D eigenvalue weighted by atomic mass is 16.3. The normalized spacial score (nSPS) is 11.4. The molecular formula is C17H22N2O2. The summed E-state index contributed by atoms with van der Waals surface area (Å²) in [5, 5.41) is 14.9. The molecule has 0 unspecified atom stereocenters. The number of likely N-dealkylation sites (N-methyl/N-ethyl adjacent to an activating group) is 1. The van der Waals surface area contributed by atoms with E-state index in [-0.39, 0.29) is 6.03 Å². The molecule has 4 nitrogen and oxygen atoms in total. The molecule has 0 heterocycles. The lowest BCUT2D eigenvalue weighted by Gasteiger charge is -2.28. The van der Waals surface area contributed by atoms with Crippen molar-refractivity contribution in [3.8, 4) is 0 Å². The van der Waals surface area contributed by atoms with Gasteiger partial charge in [0.25, 0.3) is 0 Å². The number of hydrogen-bond donors (Lipinski definition) is 2. The van der Waals surface area contributed by atoms with Crippen LogP contribution in [-0.4, -0.2) is 34.7 Å². The number of carbonyl (C=O) groups excluding carboxylic acids is 1. The molecule has 112 valence electrons. The average Bonchev–Trinajstić information content (AvgIpc) is 2.44. The van der Waals surface area contributed by atoms with Crippen LogP contribution in [0.3, 0.4) is 0 Å². The predicted octanol–water partition coefficient (Wildman–Crippen LogP) is 3.46. The van der Waals surface area contributed by atoms with Gasteiger partial charge >= 0.3 is 6.03 Å². The van der Waals surface area contributed by atoms with E-state index in [1.54, 1.807) is 18.7 Å². The molecular weight excluding hydrogens is 264 g/mol. The summed E-state index contributed by atoms with van der Waals surface area (Å²) < 4.78 is 0. The van der Waals surface area contributed by atoms with Crippen LogP contribution in [-0.2, 0) is 0 Å². The van der Waals surface area contributed by atoms with Gasteiger partial charge in [-0.3, -0.25) is 0 Å². The molecule has 2 rings (SSSR count). The van der Waals surface area contributed by atoms with E-state index in [4.69, 9.17) is 0 Å². The lowest BCUT2D eigenvalue weighted by molar-refractivity contribution is 0.0501. The van der Waals surface area contributed by atoms with Gasteiger partial charge < -0.3 is 15.3 Å². The molecule has 21 heavy (non-hydrogen) atoms. The van der Waals surface area contributed by atoms with E-state index in [1.807, 2.05) is 49.4 Å². The third kappa shape index (κ3) is 3.95. The molecule has 0 aliphatic heterocycles. The second-order valence-electron chi connectivity index (χ2n) is 5.78. The van der Waals surface area contributed by atoms with E-state index in [0.29, 0.717) is 13.1 Å². The molecule has 4 heteroatoms. The SMILES string of the molecule is CCN(CC(C)(C)O)C(=O)Nc1cccc2ccccc12. The van der Waals surface area contributed by atoms with E-state index >= 15 is 0 Å². The second-order valence-corrected chi connectivity index (χ2v) is 5.78. The number of aliphatic hydroxyl groups is 1. The van der Waals surface area contributed by atoms with Crippen molar-refractivity contribution in [3.05, 3.63) is 42.5 Å². The molecule has 0 bridgehead atoms. The van der Waals surface area contributed by atoms with Crippen molar-refractivity contribution in [2.75, 3.05) is 18.4 Å². The molecule has 2 N–H and O–H groups in total. The molecule has 0 fully saturated rings. The Morgan fingerprint density at radius 2 is 1.86 bits per heavy atom. The molecule has 0 aliphatic carbocycles. The number of hydrogen-bond acceptors (Lipinski definition) is 2. The molecule has 0 saturated carbocycles. The minimum Gasteiger partial charge on any atom is -0.389 e. The minimum absolute atomic E-state index is 0.198. The van der Waals surface area contributed by atoms with Gasteiger partial charge in [0.1, 0.15) is 0 Å². The summed E-state index contributed by atoms with van der Waals surface area (Å²) in [6, 6.07) is 13.5. The third-order valence-corrected chi connectivity index (χ3v) is 3.28. The fourth-order valence-electron chi connectivity index (χ4n) is 2.32. The number of benzene rings is 2. The van der Waals surface area contributed by atoms with Crippen LogP contribution >= 0.6 is 0 Å². The molecule has 0 radical (unpaired) electrons. The van der Waals surface area contributed by atoms with Crippen molar-refractivity contribution in [2.24, 2.45) is 0 Å². The lowest BCUT2D eigenvalue weighted by Crippen LogP contribution is -2.44. The molecule has 0 spiro atoms. The van der Waals surface area contributed by atoms with Gasteiger partial charge in [-0.15, -0.1) is 0 Å². The topological polar surface area (TPSA) is 52.6 Å². The van der Waals surface area contributed by atoms with Crippen LogP contribution in [0.25, 0.3) is 10.8 Å². The standard InChI is InChI=1S/C17H22N2O2/c1-4-19(12-17(2,3)21)16(20)18-15-11-7-9-13-8-5-6-10-14(13)15/h5-11,21H,4,12H2,1-3H3,(H,18,20). The summed E-state index contributed by atoms with van der Waals surface area (Å²) in [6.45, 7) is 6.12. The fraction of sp³-hybridized carbons (Fsp3) is 0.353. The molecule has 2 aromatic rings. The number of urea groups is 1. The molecule has 0 aromatic heterocycles. The molecule has 0 aliphatic rings. The van der Waals surface area contributed by atoms with E-state index in [9.17, 15) is 9.90 Å². The largest absolute Gasteiger partial charge is 0.389 e. The first-order valence-electron chi connectivity index (χ1n) is 7.17. The second kappa shape index (κ2) is 6.14. The monoisotopic (exact) mass is 286 g/mol. The smallest absolute Gasteiger partial charge is 0.321 e. The Kier molecular flexibility index (Phi) is 4.48. The third-order valence-electron chi connectivity index (χ3n) is 3.28. The first kappa shape index (κ1) is 15.3. The number of carbonyl (C=O) groups is 1. The predicted molar refractivity (Wildman–Crippen MR) is 86.5 cm³/mol. The van der Waals surface area contributed by atoms with Crippen LogP contribution in [0.2, 0.25) is 0 Å². The first-order chi connectivity index (χ1) is 9.90. The van der Waals surface area contributed by atoms with Crippen LogP contribution in [0.4, 0.5) is 10.5 Å². The number of nitrogens with one attached hydrogen (secondary N) is 1. The van der Waals surface area contributed by atoms with E-state index in [2.05, 4.69) is 5.32 Å². The Morgan fingerprint density at radius 3 is 2.52 bits per heavy atom. The van der Waals surface area contributed by atoms with Gasteiger partial charge in [0.15, 0.2) is 0 Å². The summed E-state index contributed by atoms with van der Waals surface area (Å²) in [7, 11) is 0. The highest BCUT2D eigenvalue weighted by Crippen LogP contribution is 2.23. The number of anilines is 1. The Hall–Kier alpha value is -2.07. The number of nitrogens with zero attached hydrogens (tertiary/aromatic N) is 1. The zero-order valence-electron chi connectivity index (χ0n) is 12.8. The maximum Gasteiger partial charge on any atom is 0.321 e. The van der Waals surface area contributed by atoms with Crippen molar-refractivity contribution < 1.29 is 9.90 Å². The number of rotatable bonds is 4. The summed E-state index contributed by atoms with van der Waals surface area (Å²) in [4.78, 5) is 14.0. The fourth-order valence-corrected chi connectivity index (χ4v) is 2.32. The van der Waals surface area contributed by atoms with Crippen molar-refractivity contribution in [1.29, 1.82) is 0 Å². The maximum atomic E-state index is 12.4. The van der Waals surface area contributed by atoms with Gasteiger partial charge in [-0.05, 0) is 32.2 Å². The van der Waals surface area contributed by atoms with Crippen LogP contribution in [0.1, 0.15) is 20.8 Å². The Morgan fingerprint density at radius 1 is 1.19 bits per heavy atom. The lowest BCUT2D eigenvalue weighted by atomic mass is 10.1. The average molecular weight is 286 g/mol. The zero-order valence-corrected chi connectivity index (χ0v) is 12.8. The molecule has 0 atom stereocenters. The first-order valence-corrected chi connectivity index (χ1v) is 7.17. The maximum absolute atomic E-state index is 12.4. The highest BCUT2D eigenvalue weighted by Gasteiger charge is 2.21. The van der Waals surface area contributed by atoms with Crippen molar-refractivity contribution in [3.63, 3.8) is 0 Å². The van der Waals surface area contributed by atoms with Crippen LogP contribution in [0, 0.1) is 0 Å². The minimum atomic E-state index is -0.911. The highest BCUT2D eigenvalue weighted by molar-refractivity contribution is 6.01. The number of amides is 2. The van der Waals surface area contributed by atoms with Crippen LogP contribution in [0.5, 0.6) is 0 Å². The van der Waals surface area contributed by atoms with Gasteiger partial charge in [-0.2, -0.15) is 0 Å².